The summed E-state index contributed by atoms with van der Waals surface area (Å²) >= 11 is 3.44. The highest BCUT2D eigenvalue weighted by molar-refractivity contribution is 9.09. The number of likely N-dealkylation sites (tertiary alicyclic amines) is 1. The predicted molar refractivity (Wildman–Crippen MR) is 63.6 cm³/mol. The summed E-state index contributed by atoms with van der Waals surface area (Å²) < 4.78 is 4.71. The first-order valence-corrected chi connectivity index (χ1v) is 6.72. The SMILES string of the molecule is O=C(c1ccon1)N1CCCCC1CCBr. The van der Waals surface area contributed by atoms with Crippen molar-refractivity contribution in [2.45, 2.75) is 31.7 Å². The number of aromatic nitrogens is 1. The van der Waals surface area contributed by atoms with E-state index in [0.717, 1.165) is 31.1 Å². The average molecular weight is 287 g/mol. The topological polar surface area (TPSA) is 46.3 Å². The summed E-state index contributed by atoms with van der Waals surface area (Å²) in [6.45, 7) is 0.837. The molecule has 2 heterocycles. The summed E-state index contributed by atoms with van der Waals surface area (Å²) in [6.07, 6.45) is 5.83. The number of carbonyl (C=O) groups excluding carboxylic acids is 1. The third-order valence-corrected chi connectivity index (χ3v) is 3.45. The molecule has 0 aromatic carbocycles. The van der Waals surface area contributed by atoms with E-state index >= 15 is 0 Å². The van der Waals surface area contributed by atoms with E-state index in [2.05, 4.69) is 21.1 Å². The van der Waals surface area contributed by atoms with E-state index in [9.17, 15) is 4.79 Å². The van der Waals surface area contributed by atoms with Crippen LogP contribution in [0.2, 0.25) is 0 Å². The van der Waals surface area contributed by atoms with Crippen LogP contribution in [0.4, 0.5) is 0 Å². The summed E-state index contributed by atoms with van der Waals surface area (Å²) in [5, 5.41) is 4.64. The Hall–Kier alpha value is -0.840. The maximum Gasteiger partial charge on any atom is 0.276 e. The van der Waals surface area contributed by atoms with Crippen molar-refractivity contribution in [1.29, 1.82) is 0 Å². The van der Waals surface area contributed by atoms with Crippen LogP contribution in [0.5, 0.6) is 0 Å². The molecule has 0 spiro atoms. The molecule has 0 saturated carbocycles. The summed E-state index contributed by atoms with van der Waals surface area (Å²) in [6, 6.07) is 1.97. The molecule has 1 unspecified atom stereocenters. The largest absolute Gasteiger partial charge is 0.364 e. The molecule has 5 heteroatoms. The molecule has 1 atom stereocenters. The first-order valence-electron chi connectivity index (χ1n) is 5.60. The Morgan fingerprint density at radius 1 is 1.62 bits per heavy atom. The van der Waals surface area contributed by atoms with Gasteiger partial charge in [0.05, 0.1) is 0 Å². The van der Waals surface area contributed by atoms with Crippen LogP contribution in [0.15, 0.2) is 16.9 Å². The molecule has 1 saturated heterocycles. The van der Waals surface area contributed by atoms with Crippen molar-refractivity contribution in [2.75, 3.05) is 11.9 Å². The molecule has 2 rings (SSSR count). The summed E-state index contributed by atoms with van der Waals surface area (Å²) in [7, 11) is 0. The molecule has 1 aliphatic heterocycles. The molecule has 4 nitrogen and oxygen atoms in total. The van der Waals surface area contributed by atoms with Gasteiger partial charge in [0, 0.05) is 24.0 Å². The smallest absolute Gasteiger partial charge is 0.276 e. The molecule has 1 aliphatic rings. The third kappa shape index (κ3) is 2.45. The second kappa shape index (κ2) is 5.48. The van der Waals surface area contributed by atoms with Gasteiger partial charge in [-0.15, -0.1) is 0 Å². The van der Waals surface area contributed by atoms with Crippen molar-refractivity contribution < 1.29 is 9.32 Å². The zero-order valence-corrected chi connectivity index (χ0v) is 10.6. The lowest BCUT2D eigenvalue weighted by Gasteiger charge is -2.35. The van der Waals surface area contributed by atoms with Gasteiger partial charge in [-0.25, -0.2) is 0 Å². The molecular weight excluding hydrogens is 272 g/mol. The molecule has 1 aromatic rings. The van der Waals surface area contributed by atoms with Gasteiger partial charge in [-0.3, -0.25) is 4.79 Å². The van der Waals surface area contributed by atoms with Crippen LogP contribution in [0, 0.1) is 0 Å². The van der Waals surface area contributed by atoms with Crippen LogP contribution in [-0.2, 0) is 0 Å². The number of nitrogens with zero attached hydrogens (tertiary/aromatic N) is 2. The van der Waals surface area contributed by atoms with Crippen molar-refractivity contribution in [2.24, 2.45) is 0 Å². The van der Waals surface area contributed by atoms with Crippen LogP contribution >= 0.6 is 15.9 Å². The quantitative estimate of drug-likeness (QED) is 0.802. The van der Waals surface area contributed by atoms with E-state index in [4.69, 9.17) is 4.52 Å². The lowest BCUT2D eigenvalue weighted by molar-refractivity contribution is 0.0599. The minimum atomic E-state index is -0.000556. The van der Waals surface area contributed by atoms with Crippen LogP contribution in [0.3, 0.4) is 0 Å². The molecule has 1 aromatic heterocycles. The fourth-order valence-corrected chi connectivity index (χ4v) is 2.69. The van der Waals surface area contributed by atoms with Crippen LogP contribution in [0.1, 0.15) is 36.2 Å². The molecule has 1 fully saturated rings. The van der Waals surface area contributed by atoms with E-state index in [1.165, 1.54) is 12.7 Å². The number of alkyl halides is 1. The highest BCUT2D eigenvalue weighted by atomic mass is 79.9. The van der Waals surface area contributed by atoms with Gasteiger partial charge >= 0.3 is 0 Å². The van der Waals surface area contributed by atoms with Gasteiger partial charge in [0.2, 0.25) is 0 Å². The van der Waals surface area contributed by atoms with Crippen molar-refractivity contribution >= 4 is 21.8 Å². The maximum atomic E-state index is 12.1. The van der Waals surface area contributed by atoms with Gasteiger partial charge in [-0.2, -0.15) is 0 Å². The Bertz CT molecular complexity index is 338. The molecule has 16 heavy (non-hydrogen) atoms. The lowest BCUT2D eigenvalue weighted by Crippen LogP contribution is -2.44. The Morgan fingerprint density at radius 2 is 2.50 bits per heavy atom. The van der Waals surface area contributed by atoms with Crippen LogP contribution < -0.4 is 0 Å². The van der Waals surface area contributed by atoms with Crippen molar-refractivity contribution in [3.05, 3.63) is 18.0 Å². The molecular formula is C11H15BrN2O2. The second-order valence-corrected chi connectivity index (χ2v) is 4.80. The Morgan fingerprint density at radius 3 is 3.19 bits per heavy atom. The van der Waals surface area contributed by atoms with E-state index in [1.54, 1.807) is 6.07 Å². The zero-order chi connectivity index (χ0) is 11.4. The Kier molecular flexibility index (Phi) is 3.98. The van der Waals surface area contributed by atoms with E-state index in [1.807, 2.05) is 4.90 Å². The maximum absolute atomic E-state index is 12.1. The van der Waals surface area contributed by atoms with Crippen molar-refractivity contribution in [3.63, 3.8) is 0 Å². The number of amides is 1. The average Bonchev–Trinajstić information content (AvgIpc) is 2.83. The molecule has 0 N–H and O–H groups in total. The van der Waals surface area contributed by atoms with Gasteiger partial charge in [0.25, 0.3) is 5.91 Å². The van der Waals surface area contributed by atoms with Crippen molar-refractivity contribution in [1.82, 2.24) is 10.1 Å². The highest BCUT2D eigenvalue weighted by Gasteiger charge is 2.28. The zero-order valence-electron chi connectivity index (χ0n) is 9.06. The monoisotopic (exact) mass is 286 g/mol. The van der Waals surface area contributed by atoms with Gasteiger partial charge in [0.1, 0.15) is 6.26 Å². The molecule has 1 amide bonds. The first-order chi connectivity index (χ1) is 7.83. The Labute approximate surface area is 103 Å². The Balaban J connectivity index is 2.08. The predicted octanol–water partition coefficient (Wildman–Crippen LogP) is 2.45. The minimum absolute atomic E-state index is 0.000556. The highest BCUT2D eigenvalue weighted by Crippen LogP contribution is 2.22. The minimum Gasteiger partial charge on any atom is -0.364 e. The van der Waals surface area contributed by atoms with Gasteiger partial charge in [0.15, 0.2) is 5.69 Å². The summed E-state index contributed by atoms with van der Waals surface area (Å²) in [5.74, 6) is -0.000556. The second-order valence-electron chi connectivity index (χ2n) is 4.01. The molecule has 0 bridgehead atoms. The van der Waals surface area contributed by atoms with Gasteiger partial charge in [-0.05, 0) is 25.7 Å². The van der Waals surface area contributed by atoms with Gasteiger partial charge < -0.3 is 9.42 Å². The third-order valence-electron chi connectivity index (χ3n) is 2.99. The fraction of sp³-hybridized carbons (Fsp3) is 0.636. The molecule has 0 aliphatic carbocycles. The van der Waals surface area contributed by atoms with E-state index in [0.29, 0.717) is 11.7 Å². The number of hydrogen-bond donors (Lipinski definition) is 0. The van der Waals surface area contributed by atoms with Crippen LogP contribution in [-0.4, -0.2) is 33.9 Å². The molecule has 88 valence electrons. The van der Waals surface area contributed by atoms with Crippen LogP contribution in [0.25, 0.3) is 0 Å². The number of rotatable bonds is 3. The normalized spacial score (nSPS) is 21.1. The molecule has 0 radical (unpaired) electrons. The number of piperidine rings is 1. The summed E-state index contributed by atoms with van der Waals surface area (Å²) in [4.78, 5) is 14.1. The standard InChI is InChI=1S/C11H15BrN2O2/c12-6-4-9-3-1-2-7-14(9)11(15)10-5-8-16-13-10/h5,8-9H,1-4,6-7H2. The van der Waals surface area contributed by atoms with Crippen molar-refractivity contribution in [3.8, 4) is 0 Å². The van der Waals surface area contributed by atoms with E-state index < -0.39 is 0 Å². The van der Waals surface area contributed by atoms with E-state index in [-0.39, 0.29) is 5.91 Å². The van der Waals surface area contributed by atoms with Gasteiger partial charge in [-0.1, -0.05) is 21.1 Å². The number of carbonyl (C=O) groups is 1. The lowest BCUT2D eigenvalue weighted by atomic mass is 9.99. The summed E-state index contributed by atoms with van der Waals surface area (Å²) in [5.41, 5.74) is 0.418. The fourth-order valence-electron chi connectivity index (χ4n) is 2.16. The number of hydrogen-bond acceptors (Lipinski definition) is 3. The first kappa shape index (κ1) is 11.6. The number of halogens is 1.